The highest BCUT2D eigenvalue weighted by molar-refractivity contribution is 5.94. The second kappa shape index (κ2) is 10.0. The summed E-state index contributed by atoms with van der Waals surface area (Å²) in [5, 5.41) is 8.94. The molecule has 4 heterocycles. The molecule has 1 atom stereocenters. The molecule has 1 unspecified atom stereocenters. The van der Waals surface area contributed by atoms with Crippen LogP contribution in [0.1, 0.15) is 23.2 Å². The van der Waals surface area contributed by atoms with Crippen LogP contribution in [0.5, 0.6) is 0 Å². The second-order valence-electron chi connectivity index (χ2n) is 8.93. The van der Waals surface area contributed by atoms with Gasteiger partial charge in [0, 0.05) is 65.5 Å². The number of hydrogen-bond donors (Lipinski definition) is 0. The molecule has 0 radical (unpaired) electrons. The maximum atomic E-state index is 14.0. The Bertz CT molecular complexity index is 936. The first-order valence-corrected chi connectivity index (χ1v) is 11.9. The highest BCUT2D eigenvalue weighted by atomic mass is 19.1. The summed E-state index contributed by atoms with van der Waals surface area (Å²) >= 11 is 0. The van der Waals surface area contributed by atoms with Gasteiger partial charge in [0.25, 0.3) is 5.91 Å². The van der Waals surface area contributed by atoms with E-state index in [4.69, 9.17) is 4.74 Å². The van der Waals surface area contributed by atoms with Crippen molar-refractivity contribution in [3.63, 3.8) is 0 Å². The summed E-state index contributed by atoms with van der Waals surface area (Å²) in [6.07, 6.45) is 2.76. The van der Waals surface area contributed by atoms with E-state index in [1.807, 2.05) is 12.1 Å². The fraction of sp³-hybridized carbons (Fsp3) is 0.542. The van der Waals surface area contributed by atoms with Gasteiger partial charge in [0.15, 0.2) is 11.6 Å². The Kier molecular flexibility index (Phi) is 6.68. The van der Waals surface area contributed by atoms with Crippen LogP contribution in [0.15, 0.2) is 36.4 Å². The summed E-state index contributed by atoms with van der Waals surface area (Å²) in [7, 11) is 0. The van der Waals surface area contributed by atoms with E-state index in [1.54, 1.807) is 17.0 Å². The molecule has 1 aromatic carbocycles. The second-order valence-corrected chi connectivity index (χ2v) is 8.93. The first kappa shape index (κ1) is 22.0. The van der Waals surface area contributed by atoms with Crippen LogP contribution >= 0.6 is 0 Å². The molecule has 9 heteroatoms. The molecule has 0 aliphatic carbocycles. The van der Waals surface area contributed by atoms with Crippen molar-refractivity contribution in [2.75, 3.05) is 75.3 Å². The number of carbonyl (C=O) groups is 1. The molecule has 0 spiro atoms. The monoisotopic (exact) mass is 454 g/mol. The number of anilines is 2. The summed E-state index contributed by atoms with van der Waals surface area (Å²) in [6.45, 7) is 8.21. The van der Waals surface area contributed by atoms with Gasteiger partial charge in [0.1, 0.15) is 5.82 Å². The number of aromatic nitrogens is 2. The number of carbonyl (C=O) groups excluding carboxylic acids is 1. The average Bonchev–Trinajstić information content (AvgIpc) is 3.38. The van der Waals surface area contributed by atoms with Gasteiger partial charge in [0.2, 0.25) is 0 Å². The fourth-order valence-corrected chi connectivity index (χ4v) is 4.83. The molecule has 0 saturated carbocycles. The van der Waals surface area contributed by atoms with Crippen molar-refractivity contribution in [3.05, 3.63) is 47.8 Å². The molecule has 5 rings (SSSR count). The van der Waals surface area contributed by atoms with Crippen LogP contribution in [0.2, 0.25) is 0 Å². The quantitative estimate of drug-likeness (QED) is 0.684. The molecule has 0 N–H and O–H groups in total. The third-order valence-corrected chi connectivity index (χ3v) is 6.81. The van der Waals surface area contributed by atoms with E-state index in [0.29, 0.717) is 32.3 Å². The van der Waals surface area contributed by atoms with E-state index < -0.39 is 5.82 Å². The molecule has 3 aliphatic rings. The SMILES string of the molecule is O=C(c1ccccc1F)N1CCN(c2ccc(N3CCN(CC4CCCO4)CC3)nn2)CC1. The molecular weight excluding hydrogens is 423 g/mol. The Morgan fingerprint density at radius 3 is 2.12 bits per heavy atom. The van der Waals surface area contributed by atoms with Crippen molar-refractivity contribution in [1.29, 1.82) is 0 Å². The zero-order valence-corrected chi connectivity index (χ0v) is 18.9. The van der Waals surface area contributed by atoms with Crippen LogP contribution in [0.3, 0.4) is 0 Å². The van der Waals surface area contributed by atoms with Crippen molar-refractivity contribution >= 4 is 17.5 Å². The van der Waals surface area contributed by atoms with E-state index in [2.05, 4.69) is 24.9 Å². The van der Waals surface area contributed by atoms with Gasteiger partial charge in [-0.3, -0.25) is 9.69 Å². The number of nitrogens with zero attached hydrogens (tertiary/aromatic N) is 6. The average molecular weight is 455 g/mol. The molecule has 2 aromatic rings. The van der Waals surface area contributed by atoms with E-state index in [1.165, 1.54) is 25.0 Å². The number of hydrogen-bond acceptors (Lipinski definition) is 7. The first-order valence-electron chi connectivity index (χ1n) is 11.9. The smallest absolute Gasteiger partial charge is 0.256 e. The predicted octanol–water partition coefficient (Wildman–Crippen LogP) is 1.88. The standard InChI is InChI=1S/C24H31FN6O2/c25-21-6-2-1-5-20(21)24(32)31-15-13-30(14-16-31)23-8-7-22(26-27-23)29-11-9-28(10-12-29)18-19-4-3-17-33-19/h1-2,5-8,19H,3-4,9-18H2. The molecule has 33 heavy (non-hydrogen) atoms. The van der Waals surface area contributed by atoms with Crippen molar-refractivity contribution < 1.29 is 13.9 Å². The fourth-order valence-electron chi connectivity index (χ4n) is 4.83. The number of piperazine rings is 2. The maximum Gasteiger partial charge on any atom is 0.256 e. The van der Waals surface area contributed by atoms with Crippen molar-refractivity contribution in [2.24, 2.45) is 0 Å². The molecular formula is C24H31FN6O2. The van der Waals surface area contributed by atoms with Gasteiger partial charge in [-0.15, -0.1) is 10.2 Å². The number of amides is 1. The third-order valence-electron chi connectivity index (χ3n) is 6.81. The van der Waals surface area contributed by atoms with Gasteiger partial charge in [-0.1, -0.05) is 12.1 Å². The van der Waals surface area contributed by atoms with E-state index >= 15 is 0 Å². The van der Waals surface area contributed by atoms with Crippen LogP contribution in [0.4, 0.5) is 16.0 Å². The van der Waals surface area contributed by atoms with Crippen molar-refractivity contribution in [1.82, 2.24) is 20.0 Å². The van der Waals surface area contributed by atoms with Gasteiger partial charge < -0.3 is 19.4 Å². The molecule has 0 bridgehead atoms. The minimum absolute atomic E-state index is 0.131. The highest BCUT2D eigenvalue weighted by Crippen LogP contribution is 2.20. The number of halogens is 1. The first-order chi connectivity index (χ1) is 16.2. The number of ether oxygens (including phenoxy) is 1. The van der Waals surface area contributed by atoms with Crippen LogP contribution < -0.4 is 9.80 Å². The summed E-state index contributed by atoms with van der Waals surface area (Å²) in [4.78, 5) is 21.2. The normalized spacial score (nSPS) is 22.1. The molecule has 1 amide bonds. The van der Waals surface area contributed by atoms with Crippen LogP contribution in [-0.2, 0) is 4.74 Å². The van der Waals surface area contributed by atoms with Gasteiger partial charge in [-0.05, 0) is 37.1 Å². The molecule has 1 aromatic heterocycles. The lowest BCUT2D eigenvalue weighted by Crippen LogP contribution is -2.49. The molecule has 3 fully saturated rings. The molecule has 3 saturated heterocycles. The van der Waals surface area contributed by atoms with Crippen LogP contribution in [0, 0.1) is 5.82 Å². The summed E-state index contributed by atoms with van der Waals surface area (Å²) in [5.74, 6) is 0.990. The maximum absolute atomic E-state index is 14.0. The zero-order valence-electron chi connectivity index (χ0n) is 18.9. The van der Waals surface area contributed by atoms with Crippen molar-refractivity contribution in [2.45, 2.75) is 18.9 Å². The lowest BCUT2D eigenvalue weighted by molar-refractivity contribution is 0.0712. The highest BCUT2D eigenvalue weighted by Gasteiger charge is 2.26. The Morgan fingerprint density at radius 2 is 1.55 bits per heavy atom. The molecule has 8 nitrogen and oxygen atoms in total. The summed E-state index contributed by atoms with van der Waals surface area (Å²) in [5.41, 5.74) is 0.131. The van der Waals surface area contributed by atoms with Crippen LogP contribution in [-0.4, -0.2) is 97.5 Å². The van der Waals surface area contributed by atoms with E-state index in [9.17, 15) is 9.18 Å². The Balaban J connectivity index is 1.11. The van der Waals surface area contributed by atoms with Gasteiger partial charge >= 0.3 is 0 Å². The minimum Gasteiger partial charge on any atom is -0.377 e. The Morgan fingerprint density at radius 1 is 0.909 bits per heavy atom. The number of rotatable bonds is 5. The Hall–Kier alpha value is -2.78. The summed E-state index contributed by atoms with van der Waals surface area (Å²) in [6, 6.07) is 10.2. The topological polar surface area (TPSA) is 65.0 Å². The van der Waals surface area contributed by atoms with Gasteiger partial charge in [0.05, 0.1) is 11.7 Å². The predicted molar refractivity (Wildman–Crippen MR) is 124 cm³/mol. The van der Waals surface area contributed by atoms with Gasteiger partial charge in [-0.25, -0.2) is 4.39 Å². The third kappa shape index (κ3) is 5.09. The lowest BCUT2D eigenvalue weighted by Gasteiger charge is -2.37. The largest absolute Gasteiger partial charge is 0.377 e. The zero-order chi connectivity index (χ0) is 22.6. The van der Waals surface area contributed by atoms with E-state index in [-0.39, 0.29) is 11.5 Å². The molecule has 3 aliphatic heterocycles. The van der Waals surface area contributed by atoms with Crippen molar-refractivity contribution in [3.8, 4) is 0 Å². The van der Waals surface area contributed by atoms with E-state index in [0.717, 1.165) is 51.0 Å². The Labute approximate surface area is 193 Å². The van der Waals surface area contributed by atoms with Crippen LogP contribution in [0.25, 0.3) is 0 Å². The summed E-state index contributed by atoms with van der Waals surface area (Å²) < 4.78 is 19.7. The lowest BCUT2D eigenvalue weighted by atomic mass is 10.1. The number of benzene rings is 1. The molecule has 176 valence electrons. The minimum atomic E-state index is -0.473. The van der Waals surface area contributed by atoms with Gasteiger partial charge in [-0.2, -0.15) is 0 Å².